The van der Waals surface area contributed by atoms with Crippen LogP contribution < -0.4 is 14.2 Å². The van der Waals surface area contributed by atoms with E-state index in [1.165, 1.54) is 17.5 Å². The lowest BCUT2D eigenvalue weighted by atomic mass is 10.1. The molecule has 2 aliphatic rings. The molecule has 1 unspecified atom stereocenters. The van der Waals surface area contributed by atoms with Crippen LogP contribution in [0.1, 0.15) is 27.9 Å². The van der Waals surface area contributed by atoms with E-state index in [0.717, 1.165) is 18.6 Å². The lowest BCUT2D eigenvalue weighted by Crippen LogP contribution is -2.47. The minimum atomic E-state index is -0.152. The minimum Gasteiger partial charge on any atom is -0.493 e. The SMILES string of the molecule is COc1ccc(C(=O)N2CCOC(COc3ccc4c(c3)CCC4)C2)cc1OC. The van der Waals surface area contributed by atoms with E-state index in [9.17, 15) is 4.79 Å². The highest BCUT2D eigenvalue weighted by Crippen LogP contribution is 2.29. The van der Waals surface area contributed by atoms with Gasteiger partial charge in [0.2, 0.25) is 0 Å². The van der Waals surface area contributed by atoms with Crippen molar-refractivity contribution in [3.05, 3.63) is 53.1 Å². The molecule has 0 saturated carbocycles. The van der Waals surface area contributed by atoms with Gasteiger partial charge in [0.05, 0.1) is 27.4 Å². The quantitative estimate of drug-likeness (QED) is 0.750. The molecule has 1 heterocycles. The molecule has 0 bridgehead atoms. The molecule has 6 nitrogen and oxygen atoms in total. The largest absolute Gasteiger partial charge is 0.493 e. The van der Waals surface area contributed by atoms with Crippen molar-refractivity contribution in [1.29, 1.82) is 0 Å². The van der Waals surface area contributed by atoms with Crippen molar-refractivity contribution in [2.45, 2.75) is 25.4 Å². The smallest absolute Gasteiger partial charge is 0.254 e. The molecular weight excluding hydrogens is 370 g/mol. The molecule has 1 aliphatic heterocycles. The van der Waals surface area contributed by atoms with E-state index in [0.29, 0.717) is 43.4 Å². The summed E-state index contributed by atoms with van der Waals surface area (Å²) in [4.78, 5) is 14.8. The van der Waals surface area contributed by atoms with Crippen LogP contribution in [0, 0.1) is 0 Å². The fourth-order valence-electron chi connectivity index (χ4n) is 3.98. The average Bonchev–Trinajstić information content (AvgIpc) is 3.24. The van der Waals surface area contributed by atoms with Crippen LogP contribution in [0.25, 0.3) is 0 Å². The van der Waals surface area contributed by atoms with Crippen LogP contribution in [0.15, 0.2) is 36.4 Å². The Hall–Kier alpha value is -2.73. The fraction of sp³-hybridized carbons (Fsp3) is 0.435. The molecule has 0 N–H and O–H groups in total. The van der Waals surface area contributed by atoms with Crippen molar-refractivity contribution in [3.8, 4) is 17.2 Å². The lowest BCUT2D eigenvalue weighted by Gasteiger charge is -2.33. The first-order chi connectivity index (χ1) is 14.2. The van der Waals surface area contributed by atoms with Crippen molar-refractivity contribution in [3.63, 3.8) is 0 Å². The fourth-order valence-corrected chi connectivity index (χ4v) is 3.98. The Morgan fingerprint density at radius 2 is 1.90 bits per heavy atom. The second-order valence-electron chi connectivity index (χ2n) is 7.41. The van der Waals surface area contributed by atoms with Crippen LogP contribution in [-0.4, -0.2) is 57.4 Å². The molecule has 0 aromatic heterocycles. The molecule has 0 spiro atoms. The summed E-state index contributed by atoms with van der Waals surface area (Å²) in [6, 6.07) is 11.5. The molecule has 1 atom stereocenters. The van der Waals surface area contributed by atoms with Gasteiger partial charge in [-0.05, 0) is 60.7 Å². The average molecular weight is 397 g/mol. The third-order valence-corrected chi connectivity index (χ3v) is 5.56. The normalized spacial score (nSPS) is 18.3. The highest BCUT2D eigenvalue weighted by atomic mass is 16.5. The standard InChI is InChI=1S/C23H27NO5/c1-26-21-9-7-18(13-22(21)27-2)23(25)24-10-11-28-20(14-24)15-29-19-8-6-16-4-3-5-17(16)12-19/h6-9,12-13,20H,3-5,10-11,14-15H2,1-2H3. The zero-order valence-corrected chi connectivity index (χ0v) is 17.0. The predicted octanol–water partition coefficient (Wildman–Crippen LogP) is 3.11. The van der Waals surface area contributed by atoms with E-state index in [1.807, 2.05) is 11.0 Å². The van der Waals surface area contributed by atoms with Gasteiger partial charge in [0, 0.05) is 12.1 Å². The van der Waals surface area contributed by atoms with Gasteiger partial charge in [-0.3, -0.25) is 4.79 Å². The molecule has 1 saturated heterocycles. The van der Waals surface area contributed by atoms with Crippen molar-refractivity contribution in [1.82, 2.24) is 4.90 Å². The zero-order chi connectivity index (χ0) is 20.2. The summed E-state index contributed by atoms with van der Waals surface area (Å²) in [5.74, 6) is 1.98. The summed E-state index contributed by atoms with van der Waals surface area (Å²) < 4.78 is 22.4. The van der Waals surface area contributed by atoms with E-state index in [2.05, 4.69) is 12.1 Å². The van der Waals surface area contributed by atoms with E-state index >= 15 is 0 Å². The van der Waals surface area contributed by atoms with Gasteiger partial charge in [-0.15, -0.1) is 0 Å². The maximum atomic E-state index is 12.9. The number of morpholine rings is 1. The van der Waals surface area contributed by atoms with Crippen molar-refractivity contribution in [2.24, 2.45) is 0 Å². The zero-order valence-electron chi connectivity index (χ0n) is 17.0. The molecule has 1 fully saturated rings. The van der Waals surface area contributed by atoms with Gasteiger partial charge in [-0.2, -0.15) is 0 Å². The van der Waals surface area contributed by atoms with Crippen LogP contribution in [0.4, 0.5) is 0 Å². The first-order valence-electron chi connectivity index (χ1n) is 10.1. The third-order valence-electron chi connectivity index (χ3n) is 5.56. The number of hydrogen-bond donors (Lipinski definition) is 0. The van der Waals surface area contributed by atoms with Crippen molar-refractivity contribution < 1.29 is 23.7 Å². The third kappa shape index (κ3) is 4.32. The molecule has 2 aromatic carbocycles. The molecule has 6 heteroatoms. The van der Waals surface area contributed by atoms with Crippen LogP contribution >= 0.6 is 0 Å². The summed E-state index contributed by atoms with van der Waals surface area (Å²) in [6.07, 6.45) is 3.35. The monoisotopic (exact) mass is 397 g/mol. The number of aryl methyl sites for hydroxylation is 2. The molecule has 154 valence electrons. The Morgan fingerprint density at radius 1 is 1.07 bits per heavy atom. The van der Waals surface area contributed by atoms with Crippen LogP contribution in [0.5, 0.6) is 17.2 Å². The molecule has 2 aromatic rings. The van der Waals surface area contributed by atoms with E-state index in [-0.39, 0.29) is 12.0 Å². The number of carbonyl (C=O) groups excluding carboxylic acids is 1. The van der Waals surface area contributed by atoms with E-state index in [4.69, 9.17) is 18.9 Å². The van der Waals surface area contributed by atoms with Gasteiger partial charge >= 0.3 is 0 Å². The molecular formula is C23H27NO5. The summed E-state index contributed by atoms with van der Waals surface area (Å²) in [5, 5.41) is 0. The maximum absolute atomic E-state index is 12.9. The Bertz CT molecular complexity index is 882. The van der Waals surface area contributed by atoms with Crippen molar-refractivity contribution >= 4 is 5.91 Å². The Morgan fingerprint density at radius 3 is 2.72 bits per heavy atom. The van der Waals surface area contributed by atoms with Gasteiger partial charge in [0.25, 0.3) is 5.91 Å². The molecule has 4 rings (SSSR count). The minimum absolute atomic E-state index is 0.0446. The number of ether oxygens (including phenoxy) is 4. The topological polar surface area (TPSA) is 57.2 Å². The van der Waals surface area contributed by atoms with Gasteiger partial charge in [0.1, 0.15) is 18.5 Å². The van der Waals surface area contributed by atoms with Gasteiger partial charge < -0.3 is 23.8 Å². The Kier molecular flexibility index (Phi) is 5.90. The number of hydrogen-bond acceptors (Lipinski definition) is 5. The van der Waals surface area contributed by atoms with E-state index < -0.39 is 0 Å². The molecule has 1 amide bonds. The number of nitrogens with zero attached hydrogens (tertiary/aromatic N) is 1. The lowest BCUT2D eigenvalue weighted by molar-refractivity contribution is -0.0401. The molecule has 29 heavy (non-hydrogen) atoms. The second kappa shape index (κ2) is 8.74. The Balaban J connectivity index is 1.37. The van der Waals surface area contributed by atoms with Crippen molar-refractivity contribution in [2.75, 3.05) is 40.5 Å². The van der Waals surface area contributed by atoms with Gasteiger partial charge in [0.15, 0.2) is 11.5 Å². The van der Waals surface area contributed by atoms with Crippen LogP contribution in [0.3, 0.4) is 0 Å². The van der Waals surface area contributed by atoms with Gasteiger partial charge in [-0.1, -0.05) is 6.07 Å². The number of methoxy groups -OCH3 is 2. The number of benzene rings is 2. The molecule has 1 aliphatic carbocycles. The molecule has 0 radical (unpaired) electrons. The number of amides is 1. The summed E-state index contributed by atoms with van der Waals surface area (Å²) in [6.45, 7) is 1.98. The first kappa shape index (κ1) is 19.6. The summed E-state index contributed by atoms with van der Waals surface area (Å²) >= 11 is 0. The maximum Gasteiger partial charge on any atom is 0.254 e. The highest BCUT2D eigenvalue weighted by Gasteiger charge is 2.26. The number of fused-ring (bicyclic) bond motifs is 1. The second-order valence-corrected chi connectivity index (χ2v) is 7.41. The van der Waals surface area contributed by atoms with Crippen LogP contribution in [-0.2, 0) is 17.6 Å². The highest BCUT2D eigenvalue weighted by molar-refractivity contribution is 5.95. The first-order valence-corrected chi connectivity index (χ1v) is 10.1. The van der Waals surface area contributed by atoms with Gasteiger partial charge in [-0.25, -0.2) is 0 Å². The summed E-state index contributed by atoms with van der Waals surface area (Å²) in [7, 11) is 3.14. The Labute approximate surface area is 171 Å². The summed E-state index contributed by atoms with van der Waals surface area (Å²) in [5.41, 5.74) is 3.39. The van der Waals surface area contributed by atoms with Crippen LogP contribution in [0.2, 0.25) is 0 Å². The predicted molar refractivity (Wildman–Crippen MR) is 109 cm³/mol. The number of carbonyl (C=O) groups is 1. The number of rotatable bonds is 6. The van der Waals surface area contributed by atoms with E-state index in [1.54, 1.807) is 32.4 Å².